The standard InChI is InChI=1S/C17H20FN3O2S/c1-21(2)15(13-7-8-24-11-13)10-20-17(23)16(22)19-9-12-3-5-14(18)6-4-12/h3-8,11,15H,9-10H2,1-2H3,(H,19,22)(H,20,23)/t15-/m1/s1. The molecule has 2 rings (SSSR count). The maximum Gasteiger partial charge on any atom is 0.309 e. The van der Waals surface area contributed by atoms with Crippen LogP contribution in [0.4, 0.5) is 4.39 Å². The lowest BCUT2D eigenvalue weighted by Crippen LogP contribution is -2.42. The van der Waals surface area contributed by atoms with Crippen molar-refractivity contribution in [1.29, 1.82) is 0 Å². The summed E-state index contributed by atoms with van der Waals surface area (Å²) in [5, 5.41) is 9.16. The number of halogens is 1. The second kappa shape index (κ2) is 8.56. The van der Waals surface area contributed by atoms with Gasteiger partial charge in [0.05, 0.1) is 6.04 Å². The molecule has 0 spiro atoms. The van der Waals surface area contributed by atoms with Crippen molar-refractivity contribution in [2.24, 2.45) is 0 Å². The highest BCUT2D eigenvalue weighted by Gasteiger charge is 2.18. The van der Waals surface area contributed by atoms with Crippen LogP contribution in [0.3, 0.4) is 0 Å². The highest BCUT2D eigenvalue weighted by atomic mass is 32.1. The summed E-state index contributed by atoms with van der Waals surface area (Å²) >= 11 is 1.59. The van der Waals surface area contributed by atoms with E-state index in [-0.39, 0.29) is 18.4 Å². The van der Waals surface area contributed by atoms with E-state index in [0.29, 0.717) is 6.54 Å². The maximum atomic E-state index is 12.8. The lowest BCUT2D eigenvalue weighted by molar-refractivity contribution is -0.139. The molecule has 24 heavy (non-hydrogen) atoms. The highest BCUT2D eigenvalue weighted by Crippen LogP contribution is 2.19. The van der Waals surface area contributed by atoms with Gasteiger partial charge >= 0.3 is 11.8 Å². The maximum absolute atomic E-state index is 12.8. The lowest BCUT2D eigenvalue weighted by Gasteiger charge is -2.23. The van der Waals surface area contributed by atoms with Crippen LogP contribution >= 0.6 is 11.3 Å². The molecule has 1 heterocycles. The number of benzene rings is 1. The van der Waals surface area contributed by atoms with E-state index in [9.17, 15) is 14.0 Å². The number of thiophene rings is 1. The molecule has 0 radical (unpaired) electrons. The number of rotatable bonds is 6. The molecule has 0 saturated heterocycles. The molecule has 0 fully saturated rings. The van der Waals surface area contributed by atoms with Gasteiger partial charge in [0.2, 0.25) is 0 Å². The summed E-state index contributed by atoms with van der Waals surface area (Å²) in [6, 6.07) is 7.74. The van der Waals surface area contributed by atoms with E-state index in [0.717, 1.165) is 11.1 Å². The van der Waals surface area contributed by atoms with Crippen LogP contribution in [-0.2, 0) is 16.1 Å². The Morgan fingerprint density at radius 1 is 1.12 bits per heavy atom. The summed E-state index contributed by atoms with van der Waals surface area (Å²) < 4.78 is 12.8. The normalized spacial score (nSPS) is 12.0. The molecular weight excluding hydrogens is 329 g/mol. The minimum atomic E-state index is -0.706. The van der Waals surface area contributed by atoms with Gasteiger partial charge in [-0.2, -0.15) is 11.3 Å². The minimum absolute atomic E-state index is 0.00472. The Morgan fingerprint density at radius 2 is 1.79 bits per heavy atom. The van der Waals surface area contributed by atoms with Gasteiger partial charge in [0.1, 0.15) is 5.82 Å². The quantitative estimate of drug-likeness (QED) is 0.784. The second-order valence-electron chi connectivity index (χ2n) is 5.56. The molecule has 2 amide bonds. The zero-order chi connectivity index (χ0) is 17.5. The van der Waals surface area contributed by atoms with Crippen LogP contribution in [0.1, 0.15) is 17.2 Å². The van der Waals surface area contributed by atoms with Gasteiger partial charge in [0, 0.05) is 13.1 Å². The highest BCUT2D eigenvalue weighted by molar-refractivity contribution is 7.07. The molecule has 0 unspecified atom stereocenters. The predicted molar refractivity (Wildman–Crippen MR) is 92.0 cm³/mol. The third-order valence-corrected chi connectivity index (χ3v) is 4.28. The van der Waals surface area contributed by atoms with Crippen LogP contribution in [0.2, 0.25) is 0 Å². The van der Waals surface area contributed by atoms with Crippen molar-refractivity contribution in [2.45, 2.75) is 12.6 Å². The third-order valence-electron chi connectivity index (χ3n) is 3.58. The summed E-state index contributed by atoms with van der Waals surface area (Å²) in [5.41, 5.74) is 1.82. The van der Waals surface area contributed by atoms with Crippen LogP contribution in [0.25, 0.3) is 0 Å². The van der Waals surface area contributed by atoms with Crippen molar-refractivity contribution >= 4 is 23.2 Å². The van der Waals surface area contributed by atoms with Gasteiger partial charge < -0.3 is 15.5 Å². The van der Waals surface area contributed by atoms with E-state index in [1.54, 1.807) is 23.5 Å². The van der Waals surface area contributed by atoms with E-state index in [1.165, 1.54) is 12.1 Å². The molecule has 0 aliphatic heterocycles. The fourth-order valence-electron chi connectivity index (χ4n) is 2.20. The van der Waals surface area contributed by atoms with Crippen LogP contribution < -0.4 is 10.6 Å². The third kappa shape index (κ3) is 5.14. The van der Waals surface area contributed by atoms with Crippen LogP contribution in [0.15, 0.2) is 41.1 Å². The van der Waals surface area contributed by atoms with Crippen LogP contribution in [0.5, 0.6) is 0 Å². The first-order valence-corrected chi connectivity index (χ1v) is 8.40. The molecule has 1 aromatic heterocycles. The van der Waals surface area contributed by atoms with Gasteiger partial charge in [0.25, 0.3) is 0 Å². The SMILES string of the molecule is CN(C)[C@H](CNC(=O)C(=O)NCc1ccc(F)cc1)c1ccsc1. The van der Waals surface area contributed by atoms with Crippen molar-refractivity contribution in [3.63, 3.8) is 0 Å². The summed E-state index contributed by atoms with van der Waals surface area (Å²) in [6.45, 7) is 0.515. The summed E-state index contributed by atoms with van der Waals surface area (Å²) in [6.07, 6.45) is 0. The first-order chi connectivity index (χ1) is 11.5. The summed E-state index contributed by atoms with van der Waals surface area (Å²) in [4.78, 5) is 25.7. The fourth-order valence-corrected chi connectivity index (χ4v) is 2.90. The number of carbonyl (C=O) groups excluding carboxylic acids is 2. The Labute approximate surface area is 144 Å². The molecule has 0 bridgehead atoms. The van der Waals surface area contributed by atoms with Gasteiger partial charge in [-0.05, 0) is 54.2 Å². The van der Waals surface area contributed by atoms with Crippen LogP contribution in [0, 0.1) is 5.82 Å². The van der Waals surface area contributed by atoms with E-state index in [4.69, 9.17) is 0 Å². The molecule has 7 heteroatoms. The Balaban J connectivity index is 1.82. The topological polar surface area (TPSA) is 61.4 Å². The molecule has 0 aliphatic rings. The Morgan fingerprint density at radius 3 is 2.38 bits per heavy atom. The smallest absolute Gasteiger partial charge is 0.309 e. The Bertz CT molecular complexity index is 672. The van der Waals surface area contributed by atoms with Gasteiger partial charge in [-0.15, -0.1) is 0 Å². The number of nitrogens with one attached hydrogen (secondary N) is 2. The van der Waals surface area contributed by atoms with Crippen molar-refractivity contribution in [1.82, 2.24) is 15.5 Å². The van der Waals surface area contributed by atoms with Crippen molar-refractivity contribution in [3.8, 4) is 0 Å². The van der Waals surface area contributed by atoms with Gasteiger partial charge in [-0.3, -0.25) is 9.59 Å². The van der Waals surface area contributed by atoms with Gasteiger partial charge in [0.15, 0.2) is 0 Å². The average molecular weight is 349 g/mol. The predicted octanol–water partition coefficient (Wildman–Crippen LogP) is 1.92. The molecular formula is C17H20FN3O2S. The zero-order valence-corrected chi connectivity index (χ0v) is 14.4. The number of nitrogens with zero attached hydrogens (tertiary/aromatic N) is 1. The van der Waals surface area contributed by atoms with E-state index >= 15 is 0 Å². The number of carbonyl (C=O) groups is 2. The lowest BCUT2D eigenvalue weighted by atomic mass is 10.1. The van der Waals surface area contributed by atoms with E-state index in [2.05, 4.69) is 10.6 Å². The molecule has 0 saturated carbocycles. The van der Waals surface area contributed by atoms with Gasteiger partial charge in [-0.1, -0.05) is 12.1 Å². The average Bonchev–Trinajstić information content (AvgIpc) is 3.08. The number of likely N-dealkylation sites (N-methyl/N-ethyl adjacent to an activating group) is 1. The summed E-state index contributed by atoms with van der Waals surface area (Å²) in [5.74, 6) is -1.73. The van der Waals surface area contributed by atoms with Crippen molar-refractivity contribution in [2.75, 3.05) is 20.6 Å². The molecule has 2 aromatic rings. The molecule has 0 aliphatic carbocycles. The first kappa shape index (κ1) is 18.1. The van der Waals surface area contributed by atoms with Crippen molar-refractivity contribution < 1.29 is 14.0 Å². The number of hydrogen-bond acceptors (Lipinski definition) is 4. The second-order valence-corrected chi connectivity index (χ2v) is 6.34. The molecule has 2 N–H and O–H groups in total. The number of amides is 2. The monoisotopic (exact) mass is 349 g/mol. The molecule has 1 aromatic carbocycles. The zero-order valence-electron chi connectivity index (χ0n) is 13.6. The fraction of sp³-hybridized carbons (Fsp3) is 0.294. The van der Waals surface area contributed by atoms with Crippen LogP contribution in [-0.4, -0.2) is 37.4 Å². The van der Waals surface area contributed by atoms with E-state index in [1.807, 2.05) is 35.8 Å². The first-order valence-electron chi connectivity index (χ1n) is 7.46. The molecule has 1 atom stereocenters. The Kier molecular flexibility index (Phi) is 6.45. The number of hydrogen-bond donors (Lipinski definition) is 2. The molecule has 5 nitrogen and oxygen atoms in total. The minimum Gasteiger partial charge on any atom is -0.346 e. The Hall–Kier alpha value is -2.25. The van der Waals surface area contributed by atoms with E-state index < -0.39 is 11.8 Å². The summed E-state index contributed by atoms with van der Waals surface area (Å²) in [7, 11) is 3.84. The van der Waals surface area contributed by atoms with Crippen molar-refractivity contribution in [3.05, 3.63) is 58.0 Å². The largest absolute Gasteiger partial charge is 0.346 e. The molecule has 128 valence electrons. The van der Waals surface area contributed by atoms with Gasteiger partial charge in [-0.25, -0.2) is 4.39 Å².